The van der Waals surface area contributed by atoms with Crippen LogP contribution in [0.4, 0.5) is 5.69 Å². The molecule has 1 aromatic rings. The van der Waals surface area contributed by atoms with Gasteiger partial charge in [-0.2, -0.15) is 0 Å². The molecule has 0 radical (unpaired) electrons. The summed E-state index contributed by atoms with van der Waals surface area (Å²) in [5, 5.41) is 5.94. The molecule has 19 heavy (non-hydrogen) atoms. The standard InChI is InChI=1S/C14H20N2O3/c1-10-6-11(4-5-12(10)18-3)16-13(17)7-19-14(2)8-15-9-14/h4-6,15H,7-9H2,1-3H3,(H,16,17). The number of hydrogen-bond acceptors (Lipinski definition) is 4. The first-order chi connectivity index (χ1) is 9.02. The van der Waals surface area contributed by atoms with Gasteiger partial charge in [0.25, 0.3) is 0 Å². The third kappa shape index (κ3) is 3.45. The van der Waals surface area contributed by atoms with Crippen LogP contribution in [-0.4, -0.2) is 38.3 Å². The van der Waals surface area contributed by atoms with E-state index in [1.54, 1.807) is 7.11 Å². The molecule has 0 aliphatic carbocycles. The number of anilines is 1. The quantitative estimate of drug-likeness (QED) is 0.842. The predicted molar refractivity (Wildman–Crippen MR) is 73.6 cm³/mol. The van der Waals surface area contributed by atoms with Crippen molar-refractivity contribution in [3.05, 3.63) is 23.8 Å². The molecule has 1 aliphatic heterocycles. The Kier molecular flexibility index (Phi) is 4.07. The Bertz CT molecular complexity index is 470. The number of aryl methyl sites for hydroxylation is 1. The first kappa shape index (κ1) is 13.8. The number of nitrogens with one attached hydrogen (secondary N) is 2. The Labute approximate surface area is 113 Å². The zero-order valence-corrected chi connectivity index (χ0v) is 11.6. The van der Waals surface area contributed by atoms with Crippen molar-refractivity contribution in [3.8, 4) is 5.75 Å². The third-order valence-corrected chi connectivity index (χ3v) is 3.23. The largest absolute Gasteiger partial charge is 0.496 e. The SMILES string of the molecule is COc1ccc(NC(=O)COC2(C)CNC2)cc1C. The highest BCUT2D eigenvalue weighted by Crippen LogP contribution is 2.21. The lowest BCUT2D eigenvalue weighted by Crippen LogP contribution is -2.59. The molecule has 0 aromatic heterocycles. The van der Waals surface area contributed by atoms with Gasteiger partial charge >= 0.3 is 0 Å². The summed E-state index contributed by atoms with van der Waals surface area (Å²) in [5.41, 5.74) is 1.54. The highest BCUT2D eigenvalue weighted by Gasteiger charge is 2.32. The van der Waals surface area contributed by atoms with Crippen molar-refractivity contribution in [2.45, 2.75) is 19.4 Å². The monoisotopic (exact) mass is 264 g/mol. The summed E-state index contributed by atoms with van der Waals surface area (Å²) in [7, 11) is 1.63. The highest BCUT2D eigenvalue weighted by atomic mass is 16.5. The van der Waals surface area contributed by atoms with Crippen molar-refractivity contribution in [1.82, 2.24) is 5.32 Å². The van der Waals surface area contributed by atoms with Crippen LogP contribution in [0.5, 0.6) is 5.75 Å². The number of carbonyl (C=O) groups excluding carboxylic acids is 1. The number of benzene rings is 1. The van der Waals surface area contributed by atoms with E-state index in [0.717, 1.165) is 30.1 Å². The number of rotatable bonds is 5. The lowest BCUT2D eigenvalue weighted by atomic mass is 10.0. The minimum absolute atomic E-state index is 0.0727. The fraction of sp³-hybridized carbons (Fsp3) is 0.500. The minimum Gasteiger partial charge on any atom is -0.496 e. The van der Waals surface area contributed by atoms with Gasteiger partial charge in [0.05, 0.1) is 12.7 Å². The van der Waals surface area contributed by atoms with E-state index in [4.69, 9.17) is 9.47 Å². The second-order valence-corrected chi connectivity index (χ2v) is 5.07. The number of carbonyl (C=O) groups is 1. The van der Waals surface area contributed by atoms with Crippen molar-refractivity contribution in [1.29, 1.82) is 0 Å². The molecule has 0 atom stereocenters. The molecule has 2 rings (SSSR count). The lowest BCUT2D eigenvalue weighted by Gasteiger charge is -2.38. The summed E-state index contributed by atoms with van der Waals surface area (Å²) >= 11 is 0. The Morgan fingerprint density at radius 2 is 2.21 bits per heavy atom. The van der Waals surface area contributed by atoms with Crippen LogP contribution in [0.3, 0.4) is 0 Å². The molecule has 5 heteroatoms. The van der Waals surface area contributed by atoms with Gasteiger partial charge < -0.3 is 20.1 Å². The van der Waals surface area contributed by atoms with E-state index in [0.29, 0.717) is 0 Å². The van der Waals surface area contributed by atoms with E-state index < -0.39 is 0 Å². The molecule has 1 saturated heterocycles. The van der Waals surface area contributed by atoms with Crippen LogP contribution in [0.1, 0.15) is 12.5 Å². The molecule has 104 valence electrons. The Hall–Kier alpha value is -1.59. The van der Waals surface area contributed by atoms with Crippen LogP contribution in [-0.2, 0) is 9.53 Å². The number of amides is 1. The van der Waals surface area contributed by atoms with Gasteiger partial charge in [0.15, 0.2) is 0 Å². The van der Waals surface area contributed by atoms with Crippen LogP contribution in [0, 0.1) is 6.92 Å². The molecule has 1 aromatic carbocycles. The highest BCUT2D eigenvalue weighted by molar-refractivity contribution is 5.91. The number of methoxy groups -OCH3 is 1. The zero-order valence-electron chi connectivity index (χ0n) is 11.6. The smallest absolute Gasteiger partial charge is 0.250 e. The summed E-state index contributed by atoms with van der Waals surface area (Å²) in [6, 6.07) is 5.53. The van der Waals surface area contributed by atoms with Gasteiger partial charge in [-0.15, -0.1) is 0 Å². The molecule has 1 aliphatic rings. The average Bonchev–Trinajstić information content (AvgIpc) is 2.34. The predicted octanol–water partition coefficient (Wildman–Crippen LogP) is 1.32. The summed E-state index contributed by atoms with van der Waals surface area (Å²) in [5.74, 6) is 0.667. The van der Waals surface area contributed by atoms with Gasteiger partial charge in [0, 0.05) is 18.8 Å². The molecule has 1 amide bonds. The maximum Gasteiger partial charge on any atom is 0.250 e. The lowest BCUT2D eigenvalue weighted by molar-refractivity contribution is -0.130. The van der Waals surface area contributed by atoms with Crippen LogP contribution < -0.4 is 15.4 Å². The van der Waals surface area contributed by atoms with Crippen molar-refractivity contribution < 1.29 is 14.3 Å². The van der Waals surface area contributed by atoms with E-state index in [-0.39, 0.29) is 18.1 Å². The third-order valence-electron chi connectivity index (χ3n) is 3.23. The van der Waals surface area contributed by atoms with Crippen molar-refractivity contribution in [2.75, 3.05) is 32.1 Å². The van der Waals surface area contributed by atoms with Crippen LogP contribution >= 0.6 is 0 Å². The molecular weight excluding hydrogens is 244 g/mol. The van der Waals surface area contributed by atoms with Crippen LogP contribution in [0.25, 0.3) is 0 Å². The molecule has 1 heterocycles. The van der Waals surface area contributed by atoms with E-state index >= 15 is 0 Å². The minimum atomic E-state index is -0.201. The second kappa shape index (κ2) is 5.59. The Morgan fingerprint density at radius 1 is 1.47 bits per heavy atom. The van der Waals surface area contributed by atoms with E-state index in [1.165, 1.54) is 0 Å². The molecular formula is C14H20N2O3. The maximum absolute atomic E-state index is 11.8. The van der Waals surface area contributed by atoms with Crippen molar-refractivity contribution in [3.63, 3.8) is 0 Å². The molecule has 0 bridgehead atoms. The first-order valence-electron chi connectivity index (χ1n) is 6.32. The van der Waals surface area contributed by atoms with Gasteiger partial charge in [0.1, 0.15) is 12.4 Å². The van der Waals surface area contributed by atoms with Gasteiger partial charge in [-0.3, -0.25) is 4.79 Å². The molecule has 0 unspecified atom stereocenters. The molecule has 0 spiro atoms. The summed E-state index contributed by atoms with van der Waals surface area (Å²) < 4.78 is 10.8. The van der Waals surface area contributed by atoms with E-state index in [1.807, 2.05) is 32.0 Å². The van der Waals surface area contributed by atoms with Crippen molar-refractivity contribution >= 4 is 11.6 Å². The summed E-state index contributed by atoms with van der Waals surface area (Å²) in [6.45, 7) is 5.59. The average molecular weight is 264 g/mol. The molecule has 5 nitrogen and oxygen atoms in total. The first-order valence-corrected chi connectivity index (χ1v) is 6.32. The maximum atomic E-state index is 11.8. The Morgan fingerprint density at radius 3 is 2.74 bits per heavy atom. The normalized spacial score (nSPS) is 16.6. The number of ether oxygens (including phenoxy) is 2. The summed E-state index contributed by atoms with van der Waals surface area (Å²) in [4.78, 5) is 11.8. The summed E-state index contributed by atoms with van der Waals surface area (Å²) in [6.07, 6.45) is 0. The van der Waals surface area contributed by atoms with Gasteiger partial charge in [0.2, 0.25) is 5.91 Å². The van der Waals surface area contributed by atoms with Crippen LogP contribution in [0.2, 0.25) is 0 Å². The molecule has 1 fully saturated rings. The molecule has 2 N–H and O–H groups in total. The zero-order chi connectivity index (χ0) is 13.9. The fourth-order valence-electron chi connectivity index (χ4n) is 1.97. The van der Waals surface area contributed by atoms with Crippen LogP contribution in [0.15, 0.2) is 18.2 Å². The topological polar surface area (TPSA) is 59.6 Å². The van der Waals surface area contributed by atoms with E-state index in [9.17, 15) is 4.79 Å². The van der Waals surface area contributed by atoms with Gasteiger partial charge in [-0.05, 0) is 37.6 Å². The Balaban J connectivity index is 1.86. The fourth-order valence-corrected chi connectivity index (χ4v) is 1.97. The van der Waals surface area contributed by atoms with Gasteiger partial charge in [-0.1, -0.05) is 0 Å². The molecule has 0 saturated carbocycles. The van der Waals surface area contributed by atoms with E-state index in [2.05, 4.69) is 10.6 Å². The second-order valence-electron chi connectivity index (χ2n) is 5.07. The van der Waals surface area contributed by atoms with Crippen molar-refractivity contribution in [2.24, 2.45) is 0 Å². The van der Waals surface area contributed by atoms with Gasteiger partial charge in [-0.25, -0.2) is 0 Å². The number of hydrogen-bond donors (Lipinski definition) is 2.